The molecule has 1 N–H and O–H groups in total. The van der Waals surface area contributed by atoms with E-state index >= 15 is 0 Å². The highest BCUT2D eigenvalue weighted by Crippen LogP contribution is 2.25. The van der Waals surface area contributed by atoms with Crippen LogP contribution in [0.15, 0.2) is 30.3 Å². The lowest BCUT2D eigenvalue weighted by Gasteiger charge is -2.16. The Morgan fingerprint density at radius 2 is 2.12 bits per heavy atom. The molecule has 1 amide bonds. The molecule has 1 fully saturated rings. The Balaban J connectivity index is 1.96. The first kappa shape index (κ1) is 11.0. The van der Waals surface area contributed by atoms with Crippen LogP contribution in [0.1, 0.15) is 18.9 Å². The molecule has 0 aliphatic carbocycles. The van der Waals surface area contributed by atoms with Gasteiger partial charge in [0.25, 0.3) is 0 Å². The molecule has 3 nitrogen and oxygen atoms in total. The van der Waals surface area contributed by atoms with Crippen molar-refractivity contribution in [1.82, 2.24) is 4.90 Å². The molecular formula is C13H17NO2. The van der Waals surface area contributed by atoms with Crippen LogP contribution < -0.4 is 0 Å². The molecule has 0 saturated carbocycles. The smallest absolute Gasteiger partial charge is 0.407 e. The average Bonchev–Trinajstić information content (AvgIpc) is 2.61. The second-order valence-corrected chi connectivity index (χ2v) is 4.58. The van der Waals surface area contributed by atoms with E-state index in [4.69, 9.17) is 5.11 Å². The molecule has 0 radical (unpaired) electrons. The molecule has 1 saturated heterocycles. The molecule has 1 aromatic carbocycles. The van der Waals surface area contributed by atoms with Gasteiger partial charge in [0.15, 0.2) is 0 Å². The van der Waals surface area contributed by atoms with Crippen molar-refractivity contribution in [2.75, 3.05) is 6.54 Å². The van der Waals surface area contributed by atoms with Crippen LogP contribution in [0.5, 0.6) is 0 Å². The van der Waals surface area contributed by atoms with Gasteiger partial charge in [-0.2, -0.15) is 0 Å². The summed E-state index contributed by atoms with van der Waals surface area (Å²) in [7, 11) is 0. The van der Waals surface area contributed by atoms with Gasteiger partial charge >= 0.3 is 6.09 Å². The minimum Gasteiger partial charge on any atom is -0.465 e. The van der Waals surface area contributed by atoms with Gasteiger partial charge in [0, 0.05) is 12.6 Å². The summed E-state index contributed by atoms with van der Waals surface area (Å²) >= 11 is 0. The summed E-state index contributed by atoms with van der Waals surface area (Å²) < 4.78 is 0. The van der Waals surface area contributed by atoms with Crippen molar-refractivity contribution in [3.05, 3.63) is 35.9 Å². The number of carbonyl (C=O) groups is 1. The summed E-state index contributed by atoms with van der Waals surface area (Å²) in [5.41, 5.74) is 1.30. The van der Waals surface area contributed by atoms with Gasteiger partial charge in [-0.3, -0.25) is 0 Å². The number of carboxylic acid groups (broad SMARTS) is 1. The van der Waals surface area contributed by atoms with E-state index in [9.17, 15) is 4.79 Å². The number of nitrogens with zero attached hydrogens (tertiary/aromatic N) is 1. The van der Waals surface area contributed by atoms with Crippen LogP contribution in [0, 0.1) is 5.92 Å². The quantitative estimate of drug-likeness (QED) is 0.830. The highest BCUT2D eigenvalue weighted by atomic mass is 16.4. The predicted octanol–water partition coefficient (Wildman–Crippen LogP) is 2.62. The Morgan fingerprint density at radius 1 is 1.44 bits per heavy atom. The Morgan fingerprint density at radius 3 is 2.69 bits per heavy atom. The zero-order valence-corrected chi connectivity index (χ0v) is 9.47. The van der Waals surface area contributed by atoms with Crippen molar-refractivity contribution in [2.45, 2.75) is 25.8 Å². The third-order valence-corrected chi connectivity index (χ3v) is 3.27. The molecule has 0 spiro atoms. The van der Waals surface area contributed by atoms with E-state index in [-0.39, 0.29) is 6.04 Å². The first-order chi connectivity index (χ1) is 7.66. The van der Waals surface area contributed by atoms with Crippen molar-refractivity contribution in [3.63, 3.8) is 0 Å². The molecule has 2 rings (SSSR count). The van der Waals surface area contributed by atoms with Crippen LogP contribution in [0.25, 0.3) is 0 Å². The highest BCUT2D eigenvalue weighted by molar-refractivity contribution is 5.65. The molecule has 1 aliphatic rings. The van der Waals surface area contributed by atoms with E-state index in [1.165, 1.54) is 5.56 Å². The summed E-state index contributed by atoms with van der Waals surface area (Å²) in [6, 6.07) is 10.4. The normalized spacial score (nSPS) is 24.7. The molecule has 1 aromatic rings. The zero-order valence-electron chi connectivity index (χ0n) is 9.47. The standard InChI is InChI=1S/C13H17NO2/c1-10-7-12(9-14(10)13(15)16)8-11-5-3-2-4-6-11/h2-6,10,12H,7-9H2,1H3,(H,15,16)/t10?,12-/m1/s1. The average molecular weight is 219 g/mol. The molecule has 16 heavy (non-hydrogen) atoms. The molecule has 1 heterocycles. The third-order valence-electron chi connectivity index (χ3n) is 3.27. The number of benzene rings is 1. The summed E-state index contributed by atoms with van der Waals surface area (Å²) in [6.07, 6.45) is 1.17. The van der Waals surface area contributed by atoms with Crippen LogP contribution in [0.3, 0.4) is 0 Å². The van der Waals surface area contributed by atoms with Crippen LogP contribution in [-0.4, -0.2) is 28.7 Å². The van der Waals surface area contributed by atoms with E-state index in [1.807, 2.05) is 25.1 Å². The Labute approximate surface area is 95.7 Å². The summed E-state index contributed by atoms with van der Waals surface area (Å²) in [5.74, 6) is 0.466. The number of rotatable bonds is 2. The molecule has 3 heteroatoms. The molecule has 2 atom stereocenters. The largest absolute Gasteiger partial charge is 0.465 e. The third kappa shape index (κ3) is 2.35. The maximum absolute atomic E-state index is 10.9. The number of likely N-dealkylation sites (tertiary alicyclic amines) is 1. The van der Waals surface area contributed by atoms with Crippen molar-refractivity contribution < 1.29 is 9.90 Å². The van der Waals surface area contributed by atoms with E-state index in [1.54, 1.807) is 4.90 Å². The summed E-state index contributed by atoms with van der Waals surface area (Å²) in [5, 5.41) is 8.99. The minimum atomic E-state index is -0.789. The van der Waals surface area contributed by atoms with E-state index in [0.29, 0.717) is 12.5 Å². The molecular weight excluding hydrogens is 202 g/mol. The molecule has 1 aliphatic heterocycles. The van der Waals surface area contributed by atoms with Crippen LogP contribution >= 0.6 is 0 Å². The molecule has 0 aromatic heterocycles. The van der Waals surface area contributed by atoms with Crippen LogP contribution in [0.2, 0.25) is 0 Å². The number of hydrogen-bond donors (Lipinski definition) is 1. The second kappa shape index (κ2) is 4.56. The maximum atomic E-state index is 10.9. The second-order valence-electron chi connectivity index (χ2n) is 4.58. The summed E-state index contributed by atoms with van der Waals surface area (Å²) in [4.78, 5) is 12.5. The Bertz CT molecular complexity index is 363. The topological polar surface area (TPSA) is 40.5 Å². The monoisotopic (exact) mass is 219 g/mol. The van der Waals surface area contributed by atoms with Gasteiger partial charge in [0.2, 0.25) is 0 Å². The predicted molar refractivity (Wildman–Crippen MR) is 62.4 cm³/mol. The SMILES string of the molecule is CC1C[C@H](Cc2ccccc2)CN1C(=O)O. The molecule has 1 unspecified atom stereocenters. The minimum absolute atomic E-state index is 0.159. The van der Waals surface area contributed by atoms with Crippen molar-refractivity contribution >= 4 is 6.09 Å². The Kier molecular flexibility index (Phi) is 3.13. The fourth-order valence-corrected chi connectivity index (χ4v) is 2.50. The van der Waals surface area contributed by atoms with Crippen molar-refractivity contribution in [3.8, 4) is 0 Å². The fourth-order valence-electron chi connectivity index (χ4n) is 2.50. The highest BCUT2D eigenvalue weighted by Gasteiger charge is 2.31. The first-order valence-electron chi connectivity index (χ1n) is 5.70. The van der Waals surface area contributed by atoms with Gasteiger partial charge in [0.1, 0.15) is 0 Å². The van der Waals surface area contributed by atoms with E-state index in [0.717, 1.165) is 12.8 Å². The number of amides is 1. The van der Waals surface area contributed by atoms with Gasteiger partial charge in [-0.15, -0.1) is 0 Å². The van der Waals surface area contributed by atoms with Gasteiger partial charge < -0.3 is 10.0 Å². The lowest BCUT2D eigenvalue weighted by molar-refractivity contribution is 0.142. The zero-order chi connectivity index (χ0) is 11.5. The van der Waals surface area contributed by atoms with E-state index < -0.39 is 6.09 Å². The van der Waals surface area contributed by atoms with Gasteiger partial charge in [-0.25, -0.2) is 4.79 Å². The van der Waals surface area contributed by atoms with Crippen molar-refractivity contribution in [1.29, 1.82) is 0 Å². The molecule has 86 valence electrons. The van der Waals surface area contributed by atoms with Crippen LogP contribution in [-0.2, 0) is 6.42 Å². The lowest BCUT2D eigenvalue weighted by atomic mass is 9.97. The lowest BCUT2D eigenvalue weighted by Crippen LogP contribution is -2.32. The number of hydrogen-bond acceptors (Lipinski definition) is 1. The van der Waals surface area contributed by atoms with Crippen LogP contribution in [0.4, 0.5) is 4.79 Å². The van der Waals surface area contributed by atoms with Crippen molar-refractivity contribution in [2.24, 2.45) is 5.92 Å². The van der Waals surface area contributed by atoms with E-state index in [2.05, 4.69) is 12.1 Å². The van der Waals surface area contributed by atoms with Gasteiger partial charge in [-0.05, 0) is 31.2 Å². The maximum Gasteiger partial charge on any atom is 0.407 e. The Hall–Kier alpha value is -1.51. The first-order valence-corrected chi connectivity index (χ1v) is 5.70. The fraction of sp³-hybridized carbons (Fsp3) is 0.462. The van der Waals surface area contributed by atoms with Gasteiger partial charge in [-0.1, -0.05) is 30.3 Å². The summed E-state index contributed by atoms with van der Waals surface area (Å²) in [6.45, 7) is 2.66. The molecule has 0 bridgehead atoms. The van der Waals surface area contributed by atoms with Gasteiger partial charge in [0.05, 0.1) is 0 Å².